The summed E-state index contributed by atoms with van der Waals surface area (Å²) in [6.07, 6.45) is 2.05. The Morgan fingerprint density at radius 2 is 2.00 bits per heavy atom. The maximum Gasteiger partial charge on any atom is 0.143 e. The third kappa shape index (κ3) is 1.35. The third-order valence-electron chi connectivity index (χ3n) is 3.74. The SMILES string of the molecule is CC(C)c1cccc2[nH]c3c(nc4ccccn43)c12. The number of aromatic nitrogens is 3. The van der Waals surface area contributed by atoms with E-state index in [9.17, 15) is 0 Å². The Hall–Kier alpha value is -2.29. The van der Waals surface area contributed by atoms with E-state index in [1.165, 1.54) is 16.5 Å². The van der Waals surface area contributed by atoms with Gasteiger partial charge in [0, 0.05) is 17.1 Å². The normalized spacial score (nSPS) is 12.2. The smallest absolute Gasteiger partial charge is 0.143 e. The number of fused-ring (bicyclic) bond motifs is 5. The second-order valence-corrected chi connectivity index (χ2v) is 5.29. The monoisotopic (exact) mass is 249 g/mol. The van der Waals surface area contributed by atoms with Crippen molar-refractivity contribution < 1.29 is 0 Å². The van der Waals surface area contributed by atoms with Crippen molar-refractivity contribution in [1.82, 2.24) is 14.4 Å². The highest BCUT2D eigenvalue weighted by atomic mass is 15.1. The Balaban J connectivity index is 2.26. The molecule has 4 rings (SSSR count). The molecule has 0 fully saturated rings. The second-order valence-electron chi connectivity index (χ2n) is 5.29. The van der Waals surface area contributed by atoms with Gasteiger partial charge in [0.2, 0.25) is 0 Å². The maximum absolute atomic E-state index is 4.78. The average Bonchev–Trinajstić information content (AvgIpc) is 2.94. The second kappa shape index (κ2) is 3.60. The molecule has 0 radical (unpaired) electrons. The van der Waals surface area contributed by atoms with Gasteiger partial charge in [-0.3, -0.25) is 4.40 Å². The van der Waals surface area contributed by atoms with Crippen LogP contribution in [-0.4, -0.2) is 14.4 Å². The number of H-pyrrole nitrogens is 1. The highest BCUT2D eigenvalue weighted by Crippen LogP contribution is 2.32. The van der Waals surface area contributed by atoms with Crippen molar-refractivity contribution in [1.29, 1.82) is 0 Å². The van der Waals surface area contributed by atoms with Gasteiger partial charge in [0.05, 0.1) is 0 Å². The summed E-state index contributed by atoms with van der Waals surface area (Å²) in [5, 5.41) is 1.26. The number of hydrogen-bond acceptors (Lipinski definition) is 1. The van der Waals surface area contributed by atoms with Crippen LogP contribution in [0.25, 0.3) is 27.7 Å². The van der Waals surface area contributed by atoms with Crippen LogP contribution in [0.15, 0.2) is 42.6 Å². The predicted octanol–water partition coefficient (Wildman–Crippen LogP) is 4.09. The van der Waals surface area contributed by atoms with E-state index in [1.807, 2.05) is 18.2 Å². The fourth-order valence-corrected chi connectivity index (χ4v) is 2.84. The number of pyridine rings is 1. The maximum atomic E-state index is 4.78. The van der Waals surface area contributed by atoms with Crippen molar-refractivity contribution in [3.8, 4) is 0 Å². The van der Waals surface area contributed by atoms with Gasteiger partial charge in [-0.05, 0) is 29.7 Å². The zero-order chi connectivity index (χ0) is 13.0. The van der Waals surface area contributed by atoms with Crippen LogP contribution in [-0.2, 0) is 0 Å². The molecular formula is C16H15N3. The molecule has 3 heteroatoms. The van der Waals surface area contributed by atoms with Gasteiger partial charge >= 0.3 is 0 Å². The minimum atomic E-state index is 0.493. The van der Waals surface area contributed by atoms with E-state index in [-0.39, 0.29) is 0 Å². The van der Waals surface area contributed by atoms with Gasteiger partial charge in [-0.1, -0.05) is 32.0 Å². The van der Waals surface area contributed by atoms with Gasteiger partial charge < -0.3 is 4.98 Å². The number of hydrogen-bond donors (Lipinski definition) is 1. The lowest BCUT2D eigenvalue weighted by Crippen LogP contribution is -1.88. The van der Waals surface area contributed by atoms with Gasteiger partial charge in [0.25, 0.3) is 0 Å². The molecule has 0 aliphatic carbocycles. The average molecular weight is 249 g/mol. The lowest BCUT2D eigenvalue weighted by Gasteiger charge is -2.06. The van der Waals surface area contributed by atoms with Crippen molar-refractivity contribution in [2.75, 3.05) is 0 Å². The molecule has 0 saturated heterocycles. The number of aromatic amines is 1. The van der Waals surface area contributed by atoms with Crippen LogP contribution in [0.3, 0.4) is 0 Å². The van der Waals surface area contributed by atoms with Gasteiger partial charge in [-0.2, -0.15) is 0 Å². The largest absolute Gasteiger partial charge is 0.339 e. The predicted molar refractivity (Wildman–Crippen MR) is 78.6 cm³/mol. The topological polar surface area (TPSA) is 33.1 Å². The Bertz CT molecular complexity index is 896. The van der Waals surface area contributed by atoms with Crippen LogP contribution in [0.4, 0.5) is 0 Å². The Kier molecular flexibility index (Phi) is 2.01. The first kappa shape index (κ1) is 10.6. The lowest BCUT2D eigenvalue weighted by atomic mass is 9.99. The first-order valence-corrected chi connectivity index (χ1v) is 6.63. The Morgan fingerprint density at radius 3 is 2.84 bits per heavy atom. The van der Waals surface area contributed by atoms with Crippen molar-refractivity contribution >= 4 is 27.7 Å². The number of benzene rings is 1. The van der Waals surface area contributed by atoms with Crippen LogP contribution >= 0.6 is 0 Å². The van der Waals surface area contributed by atoms with Crippen LogP contribution in [0.5, 0.6) is 0 Å². The van der Waals surface area contributed by atoms with E-state index < -0.39 is 0 Å². The summed E-state index contributed by atoms with van der Waals surface area (Å²) >= 11 is 0. The molecule has 1 aromatic carbocycles. The number of nitrogens with zero attached hydrogens (tertiary/aromatic N) is 2. The van der Waals surface area contributed by atoms with E-state index in [0.717, 1.165) is 16.8 Å². The first-order chi connectivity index (χ1) is 9.25. The molecular weight excluding hydrogens is 234 g/mol. The first-order valence-electron chi connectivity index (χ1n) is 6.63. The molecule has 0 unspecified atom stereocenters. The number of rotatable bonds is 1. The lowest BCUT2D eigenvalue weighted by molar-refractivity contribution is 0.877. The quantitative estimate of drug-likeness (QED) is 0.541. The van der Waals surface area contributed by atoms with Gasteiger partial charge in [-0.25, -0.2) is 4.98 Å². The Labute approximate surface area is 110 Å². The number of nitrogens with one attached hydrogen (secondary N) is 1. The molecule has 1 N–H and O–H groups in total. The molecule has 0 amide bonds. The van der Waals surface area contributed by atoms with E-state index in [2.05, 4.69) is 47.6 Å². The zero-order valence-corrected chi connectivity index (χ0v) is 11.0. The molecule has 0 spiro atoms. The molecule has 94 valence electrons. The fourth-order valence-electron chi connectivity index (χ4n) is 2.84. The summed E-state index contributed by atoms with van der Waals surface area (Å²) in [5.41, 5.74) is 5.67. The van der Waals surface area contributed by atoms with Crippen molar-refractivity contribution in [2.24, 2.45) is 0 Å². The summed E-state index contributed by atoms with van der Waals surface area (Å²) < 4.78 is 2.11. The molecule has 3 heterocycles. The molecule has 0 bridgehead atoms. The van der Waals surface area contributed by atoms with E-state index in [1.54, 1.807) is 0 Å². The standard InChI is InChI=1S/C16H15N3/c1-10(2)11-6-5-7-12-14(11)15-16(17-12)19-9-4-3-8-13(19)18-15/h3-10,17H,1-2H3. The van der Waals surface area contributed by atoms with Crippen LogP contribution < -0.4 is 0 Å². The van der Waals surface area contributed by atoms with E-state index in [0.29, 0.717) is 5.92 Å². The molecule has 4 aromatic rings. The fraction of sp³-hybridized carbons (Fsp3) is 0.188. The minimum absolute atomic E-state index is 0.493. The van der Waals surface area contributed by atoms with Crippen molar-refractivity contribution in [3.63, 3.8) is 0 Å². The molecule has 0 aliphatic rings. The molecule has 3 nitrogen and oxygen atoms in total. The Morgan fingerprint density at radius 1 is 1.11 bits per heavy atom. The van der Waals surface area contributed by atoms with E-state index in [4.69, 9.17) is 4.98 Å². The molecule has 19 heavy (non-hydrogen) atoms. The highest BCUT2D eigenvalue weighted by Gasteiger charge is 2.15. The highest BCUT2D eigenvalue weighted by molar-refractivity contribution is 6.07. The van der Waals surface area contributed by atoms with Crippen LogP contribution in [0.1, 0.15) is 25.3 Å². The molecule has 0 aliphatic heterocycles. The van der Waals surface area contributed by atoms with Crippen LogP contribution in [0, 0.1) is 0 Å². The summed E-state index contributed by atoms with van der Waals surface area (Å²) in [6.45, 7) is 4.45. The molecule has 0 saturated carbocycles. The van der Waals surface area contributed by atoms with Crippen molar-refractivity contribution in [3.05, 3.63) is 48.2 Å². The summed E-state index contributed by atoms with van der Waals surface area (Å²) in [7, 11) is 0. The van der Waals surface area contributed by atoms with E-state index >= 15 is 0 Å². The molecule has 0 atom stereocenters. The molecule has 3 aromatic heterocycles. The summed E-state index contributed by atoms with van der Waals surface area (Å²) in [4.78, 5) is 8.27. The zero-order valence-electron chi connectivity index (χ0n) is 11.0. The summed E-state index contributed by atoms with van der Waals surface area (Å²) in [6, 6.07) is 12.5. The van der Waals surface area contributed by atoms with Gasteiger partial charge in [0.1, 0.15) is 16.8 Å². The third-order valence-corrected chi connectivity index (χ3v) is 3.74. The van der Waals surface area contributed by atoms with Gasteiger partial charge in [-0.15, -0.1) is 0 Å². The van der Waals surface area contributed by atoms with Crippen LogP contribution in [0.2, 0.25) is 0 Å². The summed E-state index contributed by atoms with van der Waals surface area (Å²) in [5.74, 6) is 0.493. The van der Waals surface area contributed by atoms with Crippen molar-refractivity contribution in [2.45, 2.75) is 19.8 Å². The van der Waals surface area contributed by atoms with Gasteiger partial charge in [0.15, 0.2) is 0 Å². The minimum Gasteiger partial charge on any atom is -0.339 e. The number of imidazole rings is 1.